The molecule has 0 aromatic rings. The lowest BCUT2D eigenvalue weighted by molar-refractivity contribution is 0.116. The molecule has 1 N–H and O–H groups in total. The Labute approximate surface area is 111 Å². The molecule has 0 rings (SSSR count). The Hall–Kier alpha value is -1.29. The van der Waals surface area contributed by atoms with Crippen molar-refractivity contribution in [1.82, 2.24) is 5.32 Å². The normalized spacial score (nSPS) is 13.1. The van der Waals surface area contributed by atoms with Crippen molar-refractivity contribution >= 4 is 6.21 Å². The lowest BCUT2D eigenvalue weighted by atomic mass is 10.3. The molecule has 0 aromatic heterocycles. The van der Waals surface area contributed by atoms with Crippen molar-refractivity contribution in [3.05, 3.63) is 23.7 Å². The Morgan fingerprint density at radius 2 is 2.11 bits per heavy atom. The van der Waals surface area contributed by atoms with Crippen LogP contribution in [0.3, 0.4) is 0 Å². The van der Waals surface area contributed by atoms with Crippen LogP contribution in [0.5, 0.6) is 0 Å². The van der Waals surface area contributed by atoms with Crippen LogP contribution in [0.1, 0.15) is 33.6 Å². The van der Waals surface area contributed by atoms with E-state index in [0.717, 1.165) is 24.4 Å². The zero-order valence-corrected chi connectivity index (χ0v) is 12.0. The molecule has 0 amide bonds. The molecule has 0 saturated heterocycles. The molecule has 0 heterocycles. The minimum atomic E-state index is 0.528. The molecule has 104 valence electrons. The smallest absolute Gasteiger partial charge is 0.156 e. The highest BCUT2D eigenvalue weighted by molar-refractivity contribution is 5.77. The van der Waals surface area contributed by atoms with Crippen LogP contribution in [0.2, 0.25) is 0 Å². The summed E-state index contributed by atoms with van der Waals surface area (Å²) in [4.78, 5) is 4.15. The van der Waals surface area contributed by atoms with Crippen LogP contribution in [-0.2, 0) is 9.47 Å². The maximum Gasteiger partial charge on any atom is 0.156 e. The molecule has 4 nitrogen and oxygen atoms in total. The Balaban J connectivity index is 4.43. The van der Waals surface area contributed by atoms with Crippen molar-refractivity contribution in [2.24, 2.45) is 4.99 Å². The summed E-state index contributed by atoms with van der Waals surface area (Å²) >= 11 is 0. The average molecular weight is 254 g/mol. The third kappa shape index (κ3) is 8.82. The van der Waals surface area contributed by atoms with Crippen molar-refractivity contribution in [3.8, 4) is 0 Å². The van der Waals surface area contributed by atoms with Crippen molar-refractivity contribution in [2.75, 3.05) is 26.9 Å². The number of methoxy groups -OCH3 is 1. The fourth-order valence-corrected chi connectivity index (χ4v) is 1.21. The third-order valence-electron chi connectivity index (χ3n) is 2.26. The third-order valence-corrected chi connectivity index (χ3v) is 2.26. The van der Waals surface area contributed by atoms with Crippen LogP contribution in [0.25, 0.3) is 0 Å². The first-order valence-corrected chi connectivity index (χ1v) is 6.47. The van der Waals surface area contributed by atoms with E-state index in [1.807, 2.05) is 19.9 Å². The standard InChI is InChI=1S/C14H26N2O2/c1-5-7-9-16-13(3)14(12-15-8-6-2)18-11-10-17-4/h6,8,12,16H,5,7,9-11H2,1-4H3/b8-6+,14-13-,15-12+. The summed E-state index contributed by atoms with van der Waals surface area (Å²) in [6.45, 7) is 8.16. The molecule has 0 spiro atoms. The molecular formula is C14H26N2O2. The van der Waals surface area contributed by atoms with Gasteiger partial charge >= 0.3 is 0 Å². The van der Waals surface area contributed by atoms with Gasteiger partial charge in [-0.25, -0.2) is 0 Å². The summed E-state index contributed by atoms with van der Waals surface area (Å²) in [6, 6.07) is 0. The lowest BCUT2D eigenvalue weighted by Gasteiger charge is -2.12. The predicted molar refractivity (Wildman–Crippen MR) is 76.7 cm³/mol. The monoisotopic (exact) mass is 254 g/mol. The van der Waals surface area contributed by atoms with Crippen LogP contribution < -0.4 is 5.32 Å². The van der Waals surface area contributed by atoms with E-state index < -0.39 is 0 Å². The highest BCUT2D eigenvalue weighted by Gasteiger charge is 2.01. The number of hydrogen-bond acceptors (Lipinski definition) is 4. The van der Waals surface area contributed by atoms with Crippen LogP contribution in [0.15, 0.2) is 28.7 Å². The second-order valence-electron chi connectivity index (χ2n) is 3.87. The molecule has 0 radical (unpaired) electrons. The maximum absolute atomic E-state index is 5.63. The van der Waals surface area contributed by atoms with E-state index in [-0.39, 0.29) is 0 Å². The first-order valence-electron chi connectivity index (χ1n) is 6.47. The summed E-state index contributed by atoms with van der Waals surface area (Å²) in [7, 11) is 1.66. The van der Waals surface area contributed by atoms with E-state index in [0.29, 0.717) is 13.2 Å². The molecule has 0 aliphatic rings. The van der Waals surface area contributed by atoms with Crippen LogP contribution in [0.4, 0.5) is 0 Å². The molecule has 0 aromatic carbocycles. The van der Waals surface area contributed by atoms with Gasteiger partial charge in [-0.05, 0) is 20.3 Å². The molecule has 0 saturated carbocycles. The van der Waals surface area contributed by atoms with Gasteiger partial charge in [0, 0.05) is 19.9 Å². The minimum Gasteiger partial charge on any atom is -0.488 e. The van der Waals surface area contributed by atoms with Gasteiger partial charge in [-0.2, -0.15) is 0 Å². The Morgan fingerprint density at radius 1 is 1.33 bits per heavy atom. The summed E-state index contributed by atoms with van der Waals surface area (Å²) in [5.74, 6) is 0.765. The van der Waals surface area contributed by atoms with E-state index >= 15 is 0 Å². The molecule has 18 heavy (non-hydrogen) atoms. The lowest BCUT2D eigenvalue weighted by Crippen LogP contribution is -2.17. The van der Waals surface area contributed by atoms with E-state index in [9.17, 15) is 0 Å². The summed E-state index contributed by atoms with van der Waals surface area (Å²) in [5, 5.41) is 3.34. The molecule has 4 heteroatoms. The summed E-state index contributed by atoms with van der Waals surface area (Å²) in [6.07, 6.45) is 7.66. The van der Waals surface area contributed by atoms with Gasteiger partial charge in [-0.1, -0.05) is 19.4 Å². The minimum absolute atomic E-state index is 0.528. The topological polar surface area (TPSA) is 42.9 Å². The Kier molecular flexibility index (Phi) is 11.3. The highest BCUT2D eigenvalue weighted by Crippen LogP contribution is 2.02. The number of aliphatic imine (C=N–C) groups is 1. The Morgan fingerprint density at radius 3 is 2.72 bits per heavy atom. The van der Waals surface area contributed by atoms with Gasteiger partial charge < -0.3 is 14.8 Å². The van der Waals surface area contributed by atoms with Gasteiger partial charge in [0.15, 0.2) is 5.76 Å². The maximum atomic E-state index is 5.63. The first kappa shape index (κ1) is 16.7. The molecule has 0 aliphatic carbocycles. The number of hydrogen-bond donors (Lipinski definition) is 1. The van der Waals surface area contributed by atoms with E-state index in [1.54, 1.807) is 19.5 Å². The summed E-state index contributed by atoms with van der Waals surface area (Å²) < 4.78 is 10.6. The second-order valence-corrected chi connectivity index (χ2v) is 3.87. The number of unbranched alkanes of at least 4 members (excludes halogenated alkanes) is 1. The average Bonchev–Trinajstić information content (AvgIpc) is 2.37. The largest absolute Gasteiger partial charge is 0.488 e. The quantitative estimate of drug-likeness (QED) is 0.370. The van der Waals surface area contributed by atoms with Crippen LogP contribution in [-0.4, -0.2) is 33.1 Å². The van der Waals surface area contributed by atoms with Gasteiger partial charge in [0.05, 0.1) is 18.5 Å². The Bertz CT molecular complexity index is 284. The molecule has 0 bridgehead atoms. The van der Waals surface area contributed by atoms with E-state index in [2.05, 4.69) is 17.2 Å². The zero-order chi connectivity index (χ0) is 13.6. The first-order chi connectivity index (χ1) is 8.76. The van der Waals surface area contributed by atoms with Gasteiger partial charge in [0.25, 0.3) is 0 Å². The van der Waals surface area contributed by atoms with Crippen molar-refractivity contribution < 1.29 is 9.47 Å². The highest BCUT2D eigenvalue weighted by atomic mass is 16.5. The van der Waals surface area contributed by atoms with Gasteiger partial charge in [0.2, 0.25) is 0 Å². The van der Waals surface area contributed by atoms with E-state index in [4.69, 9.17) is 9.47 Å². The van der Waals surface area contributed by atoms with E-state index in [1.165, 1.54) is 6.42 Å². The fourth-order valence-electron chi connectivity index (χ4n) is 1.21. The number of rotatable bonds is 10. The van der Waals surface area contributed by atoms with Gasteiger partial charge in [-0.15, -0.1) is 0 Å². The summed E-state index contributed by atoms with van der Waals surface area (Å²) in [5.41, 5.74) is 1.01. The number of nitrogens with one attached hydrogen (secondary N) is 1. The second kappa shape index (κ2) is 12.2. The molecule has 0 fully saturated rings. The molecule has 0 atom stereocenters. The number of allylic oxidation sites excluding steroid dienone is 3. The SMILES string of the molecule is C/C=C/N=C/C(OCCOC)=C(\C)NCCCC. The van der Waals surface area contributed by atoms with Crippen LogP contribution in [0, 0.1) is 0 Å². The zero-order valence-electron chi connectivity index (χ0n) is 12.0. The molecular weight excluding hydrogens is 228 g/mol. The fraction of sp³-hybridized carbons (Fsp3) is 0.643. The van der Waals surface area contributed by atoms with Crippen molar-refractivity contribution in [2.45, 2.75) is 33.6 Å². The predicted octanol–water partition coefficient (Wildman–Crippen LogP) is 2.88. The molecule has 0 unspecified atom stereocenters. The number of nitrogens with zero attached hydrogens (tertiary/aromatic N) is 1. The van der Waals surface area contributed by atoms with Crippen molar-refractivity contribution in [1.29, 1.82) is 0 Å². The van der Waals surface area contributed by atoms with Gasteiger partial charge in [0.1, 0.15) is 6.61 Å². The molecule has 0 aliphatic heterocycles. The van der Waals surface area contributed by atoms with Crippen LogP contribution >= 0.6 is 0 Å². The van der Waals surface area contributed by atoms with Gasteiger partial charge in [-0.3, -0.25) is 4.99 Å². The van der Waals surface area contributed by atoms with Crippen molar-refractivity contribution in [3.63, 3.8) is 0 Å². The number of ether oxygens (including phenoxy) is 2.